The van der Waals surface area contributed by atoms with Crippen molar-refractivity contribution in [3.8, 4) is 5.75 Å². The van der Waals surface area contributed by atoms with E-state index in [0.29, 0.717) is 12.1 Å². The van der Waals surface area contributed by atoms with E-state index in [0.717, 1.165) is 37.2 Å². The Balaban J connectivity index is 1.77. The molecular formula is C21H29FN4O2. The zero-order valence-corrected chi connectivity index (χ0v) is 17.1. The number of methoxy groups -OCH3 is 1. The molecule has 7 heteroatoms. The number of carbonyl (C=O) groups excluding carboxylic acids is 1. The van der Waals surface area contributed by atoms with Crippen LogP contribution in [0.25, 0.3) is 0 Å². The number of halogens is 1. The van der Waals surface area contributed by atoms with E-state index in [2.05, 4.69) is 16.1 Å². The maximum Gasteiger partial charge on any atom is 0.227 e. The van der Waals surface area contributed by atoms with E-state index < -0.39 is 5.82 Å². The van der Waals surface area contributed by atoms with Crippen molar-refractivity contribution in [2.24, 2.45) is 7.05 Å². The average Bonchev–Trinajstić information content (AvgIpc) is 3.01. The molecule has 0 saturated carbocycles. The number of amides is 1. The Morgan fingerprint density at radius 1 is 1.32 bits per heavy atom. The molecule has 0 bridgehead atoms. The minimum absolute atomic E-state index is 0.00841. The van der Waals surface area contributed by atoms with Gasteiger partial charge in [-0.1, -0.05) is 6.07 Å². The molecule has 1 aliphatic heterocycles. The fraction of sp³-hybridized carbons (Fsp3) is 0.524. The van der Waals surface area contributed by atoms with Crippen molar-refractivity contribution in [2.45, 2.75) is 38.3 Å². The maximum absolute atomic E-state index is 14.0. The second-order valence-electron chi connectivity index (χ2n) is 7.67. The minimum atomic E-state index is -0.443. The largest absolute Gasteiger partial charge is 0.494 e. The number of aryl methyl sites for hydroxylation is 1. The van der Waals surface area contributed by atoms with Crippen molar-refractivity contribution in [3.05, 3.63) is 47.0 Å². The summed E-state index contributed by atoms with van der Waals surface area (Å²) < 4.78 is 20.8. The number of piperidine rings is 1. The van der Waals surface area contributed by atoms with E-state index in [4.69, 9.17) is 4.74 Å². The number of likely N-dealkylation sites (tertiary alicyclic amines) is 1. The van der Waals surface area contributed by atoms with E-state index in [1.54, 1.807) is 12.1 Å². The lowest BCUT2D eigenvalue weighted by molar-refractivity contribution is -0.134. The number of nitrogens with zero attached hydrogens (tertiary/aromatic N) is 4. The number of benzene rings is 1. The van der Waals surface area contributed by atoms with Gasteiger partial charge < -0.3 is 14.5 Å². The Morgan fingerprint density at radius 3 is 2.79 bits per heavy atom. The minimum Gasteiger partial charge on any atom is -0.494 e. The molecule has 1 atom stereocenters. The van der Waals surface area contributed by atoms with Gasteiger partial charge in [-0.3, -0.25) is 9.48 Å². The van der Waals surface area contributed by atoms with Crippen LogP contribution >= 0.6 is 0 Å². The molecule has 0 aliphatic carbocycles. The van der Waals surface area contributed by atoms with Crippen LogP contribution < -0.4 is 4.74 Å². The van der Waals surface area contributed by atoms with E-state index in [1.165, 1.54) is 13.2 Å². The molecule has 1 aliphatic rings. The van der Waals surface area contributed by atoms with Crippen molar-refractivity contribution in [1.82, 2.24) is 19.6 Å². The van der Waals surface area contributed by atoms with Gasteiger partial charge in [0.15, 0.2) is 11.6 Å². The summed E-state index contributed by atoms with van der Waals surface area (Å²) in [6.07, 6.45) is 3.14. The topological polar surface area (TPSA) is 50.6 Å². The molecule has 1 fully saturated rings. The van der Waals surface area contributed by atoms with E-state index >= 15 is 0 Å². The molecule has 6 nitrogen and oxygen atoms in total. The monoisotopic (exact) mass is 388 g/mol. The fourth-order valence-corrected chi connectivity index (χ4v) is 3.80. The molecule has 1 unspecified atom stereocenters. The van der Waals surface area contributed by atoms with Crippen molar-refractivity contribution in [2.75, 3.05) is 27.7 Å². The molecule has 1 saturated heterocycles. The lowest BCUT2D eigenvalue weighted by atomic mass is 9.98. The second-order valence-corrected chi connectivity index (χ2v) is 7.67. The zero-order valence-electron chi connectivity index (χ0n) is 17.1. The van der Waals surface area contributed by atoms with E-state index in [-0.39, 0.29) is 24.1 Å². The van der Waals surface area contributed by atoms with Gasteiger partial charge >= 0.3 is 0 Å². The number of hydrogen-bond acceptors (Lipinski definition) is 4. The van der Waals surface area contributed by atoms with E-state index in [9.17, 15) is 9.18 Å². The van der Waals surface area contributed by atoms with Crippen molar-refractivity contribution >= 4 is 5.91 Å². The van der Waals surface area contributed by atoms with Crippen LogP contribution in [0.2, 0.25) is 0 Å². The number of rotatable bonds is 6. The Labute approximate surface area is 165 Å². The lowest BCUT2D eigenvalue weighted by Crippen LogP contribution is -2.39. The molecular weight excluding hydrogens is 359 g/mol. The van der Waals surface area contributed by atoms with Gasteiger partial charge in [0.25, 0.3) is 0 Å². The summed E-state index contributed by atoms with van der Waals surface area (Å²) in [5.41, 5.74) is 2.71. The molecule has 0 spiro atoms. The predicted molar refractivity (Wildman–Crippen MR) is 106 cm³/mol. The Hall–Kier alpha value is -2.41. The van der Waals surface area contributed by atoms with Crippen LogP contribution in [0.15, 0.2) is 24.3 Å². The third-order valence-corrected chi connectivity index (χ3v) is 5.21. The van der Waals surface area contributed by atoms with Gasteiger partial charge in [-0.25, -0.2) is 4.39 Å². The summed E-state index contributed by atoms with van der Waals surface area (Å²) in [6.45, 7) is 1.51. The number of aromatic nitrogens is 2. The number of hydrogen-bond donors (Lipinski definition) is 0. The summed E-state index contributed by atoms with van der Waals surface area (Å²) in [4.78, 5) is 17.0. The van der Waals surface area contributed by atoms with Crippen LogP contribution in [0.3, 0.4) is 0 Å². The molecule has 1 aromatic carbocycles. The first kappa shape index (κ1) is 20.3. The second kappa shape index (κ2) is 8.73. The van der Waals surface area contributed by atoms with Crippen molar-refractivity contribution < 1.29 is 13.9 Å². The van der Waals surface area contributed by atoms with Crippen molar-refractivity contribution in [1.29, 1.82) is 0 Å². The summed E-state index contributed by atoms with van der Waals surface area (Å²) in [6, 6.07) is 6.77. The highest BCUT2D eigenvalue weighted by Crippen LogP contribution is 2.31. The third kappa shape index (κ3) is 4.52. The molecule has 152 valence electrons. The van der Waals surface area contributed by atoms with Gasteiger partial charge in [0.2, 0.25) is 5.91 Å². The molecule has 2 heterocycles. The lowest BCUT2D eigenvalue weighted by Gasteiger charge is -2.35. The normalized spacial score (nSPS) is 17.2. The first-order valence-electron chi connectivity index (χ1n) is 9.68. The molecule has 1 aromatic heterocycles. The first-order valence-corrected chi connectivity index (χ1v) is 9.68. The summed E-state index contributed by atoms with van der Waals surface area (Å²) in [7, 11) is 7.42. The predicted octanol–water partition coefficient (Wildman–Crippen LogP) is 2.93. The number of ether oxygens (including phenoxy) is 1. The average molecular weight is 388 g/mol. The first-order chi connectivity index (χ1) is 13.4. The van der Waals surface area contributed by atoms with Gasteiger partial charge in [0, 0.05) is 20.1 Å². The third-order valence-electron chi connectivity index (χ3n) is 5.21. The van der Waals surface area contributed by atoms with Crippen LogP contribution in [-0.2, 0) is 24.8 Å². The van der Waals surface area contributed by atoms with Crippen LogP contribution in [0.1, 0.15) is 42.3 Å². The van der Waals surface area contributed by atoms with Crippen LogP contribution in [0.4, 0.5) is 4.39 Å². The highest BCUT2D eigenvalue weighted by atomic mass is 19.1. The molecule has 1 amide bonds. The highest BCUT2D eigenvalue weighted by molar-refractivity contribution is 5.79. The van der Waals surface area contributed by atoms with Gasteiger partial charge in [0.1, 0.15) is 0 Å². The van der Waals surface area contributed by atoms with Crippen molar-refractivity contribution in [3.63, 3.8) is 0 Å². The molecule has 0 radical (unpaired) electrons. The van der Waals surface area contributed by atoms with Crippen LogP contribution in [0, 0.1) is 5.82 Å². The molecule has 0 N–H and O–H groups in total. The van der Waals surface area contributed by atoms with Crippen LogP contribution in [-0.4, -0.2) is 53.2 Å². The smallest absolute Gasteiger partial charge is 0.227 e. The van der Waals surface area contributed by atoms with Gasteiger partial charge in [-0.2, -0.15) is 5.10 Å². The molecule has 3 rings (SSSR count). The fourth-order valence-electron chi connectivity index (χ4n) is 3.80. The molecule has 2 aromatic rings. The molecule has 28 heavy (non-hydrogen) atoms. The Kier molecular flexibility index (Phi) is 6.34. The van der Waals surface area contributed by atoms with Gasteiger partial charge in [-0.05, 0) is 57.1 Å². The number of carbonyl (C=O) groups is 1. The standard InChI is InChI=1S/C21H29FN4O2/c1-24(2)14-16-13-18(23-25(16)3)19-7-5-6-10-26(19)21(27)12-15-8-9-20(28-4)17(22)11-15/h8-9,11,13,19H,5-7,10,12,14H2,1-4H3. The zero-order chi connectivity index (χ0) is 20.3. The summed E-state index contributed by atoms with van der Waals surface area (Å²) in [5.74, 6) is -0.246. The summed E-state index contributed by atoms with van der Waals surface area (Å²) in [5, 5.41) is 4.68. The highest BCUT2D eigenvalue weighted by Gasteiger charge is 2.30. The van der Waals surface area contributed by atoms with Crippen LogP contribution in [0.5, 0.6) is 5.75 Å². The Bertz CT molecular complexity index is 834. The van der Waals surface area contributed by atoms with E-state index in [1.807, 2.05) is 30.7 Å². The SMILES string of the molecule is COc1ccc(CC(=O)N2CCCCC2c2cc(CN(C)C)n(C)n2)cc1F. The van der Waals surface area contributed by atoms with Gasteiger partial charge in [-0.15, -0.1) is 0 Å². The summed E-state index contributed by atoms with van der Waals surface area (Å²) >= 11 is 0. The van der Waals surface area contributed by atoms with Gasteiger partial charge in [0.05, 0.1) is 31.0 Å². The Morgan fingerprint density at radius 2 is 2.11 bits per heavy atom. The maximum atomic E-state index is 14.0. The quantitative estimate of drug-likeness (QED) is 0.764.